The molecule has 2 aromatic carbocycles. The number of hydrogen-bond acceptors (Lipinski definition) is 9. The van der Waals surface area contributed by atoms with Crippen LogP contribution >= 0.6 is 28.6 Å². The van der Waals surface area contributed by atoms with Crippen LogP contribution in [0.1, 0.15) is 16.1 Å². The summed E-state index contributed by atoms with van der Waals surface area (Å²) in [5, 5.41) is 12.1. The van der Waals surface area contributed by atoms with E-state index in [9.17, 15) is 9.70 Å². The van der Waals surface area contributed by atoms with Gasteiger partial charge in [-0.3, -0.25) is 4.79 Å². The van der Waals surface area contributed by atoms with Crippen LogP contribution in [0.3, 0.4) is 0 Å². The van der Waals surface area contributed by atoms with Crippen LogP contribution in [0.4, 0.5) is 28.8 Å². The number of H-pyrrole nitrogens is 1. The fourth-order valence-electron chi connectivity index (χ4n) is 3.00. The Bertz CT molecular complexity index is 1300. The summed E-state index contributed by atoms with van der Waals surface area (Å²) in [7, 11) is 0. The SMILES string of the molecule is O=Nc1cc(C(=O)Nc2ccc(Nc3ncc(Br)c(NCCc4cnc[nH]4)n3)cc2)ccc1S. The lowest BCUT2D eigenvalue weighted by atomic mass is 10.2. The fraction of sp³-hybridized carbons (Fsp3) is 0.0909. The molecule has 34 heavy (non-hydrogen) atoms. The fourth-order valence-corrected chi connectivity index (χ4v) is 3.51. The number of hydrogen-bond donors (Lipinski definition) is 5. The van der Waals surface area contributed by atoms with Gasteiger partial charge in [0, 0.05) is 52.9 Å². The van der Waals surface area contributed by atoms with Crippen molar-refractivity contribution in [1.29, 1.82) is 0 Å². The van der Waals surface area contributed by atoms with Gasteiger partial charge in [0.25, 0.3) is 5.91 Å². The largest absolute Gasteiger partial charge is 0.369 e. The van der Waals surface area contributed by atoms with Gasteiger partial charge >= 0.3 is 0 Å². The van der Waals surface area contributed by atoms with E-state index in [0.717, 1.165) is 22.3 Å². The van der Waals surface area contributed by atoms with E-state index in [-0.39, 0.29) is 11.6 Å². The van der Waals surface area contributed by atoms with Crippen molar-refractivity contribution < 1.29 is 4.79 Å². The molecule has 10 nitrogen and oxygen atoms in total. The Morgan fingerprint density at radius 1 is 1.12 bits per heavy atom. The lowest BCUT2D eigenvalue weighted by molar-refractivity contribution is 0.102. The Kier molecular flexibility index (Phi) is 7.50. The number of nitroso groups, excluding NO2 is 1. The molecule has 0 fully saturated rings. The van der Waals surface area contributed by atoms with Crippen molar-refractivity contribution in [2.45, 2.75) is 11.3 Å². The number of thiol groups is 1. The normalized spacial score (nSPS) is 10.5. The summed E-state index contributed by atoms with van der Waals surface area (Å²) in [5.74, 6) is 0.725. The Hall–Kier alpha value is -3.77. The number of benzene rings is 2. The third kappa shape index (κ3) is 5.97. The second-order valence-electron chi connectivity index (χ2n) is 7.10. The van der Waals surface area contributed by atoms with Crippen LogP contribution in [0.15, 0.2) is 75.7 Å². The van der Waals surface area contributed by atoms with Crippen molar-refractivity contribution in [3.8, 4) is 0 Å². The van der Waals surface area contributed by atoms with Gasteiger partial charge in [0.1, 0.15) is 11.5 Å². The number of nitrogens with one attached hydrogen (secondary N) is 4. The zero-order valence-corrected chi connectivity index (χ0v) is 20.1. The molecule has 0 radical (unpaired) electrons. The molecule has 0 unspecified atom stereocenters. The first-order valence-corrected chi connectivity index (χ1v) is 11.3. The van der Waals surface area contributed by atoms with Crippen molar-refractivity contribution >= 4 is 63.3 Å². The number of aromatic nitrogens is 4. The molecule has 0 aliphatic heterocycles. The van der Waals surface area contributed by atoms with Gasteiger partial charge in [-0.05, 0) is 63.6 Å². The summed E-state index contributed by atoms with van der Waals surface area (Å²) in [5.41, 5.74) is 2.79. The highest BCUT2D eigenvalue weighted by Gasteiger charge is 2.10. The number of aromatic amines is 1. The van der Waals surface area contributed by atoms with E-state index in [1.165, 1.54) is 6.07 Å². The molecular weight excluding hydrogens is 520 g/mol. The summed E-state index contributed by atoms with van der Waals surface area (Å²) in [6, 6.07) is 11.6. The molecule has 2 heterocycles. The van der Waals surface area contributed by atoms with Crippen LogP contribution < -0.4 is 16.0 Å². The number of carbonyl (C=O) groups is 1. The molecule has 1 amide bonds. The average Bonchev–Trinajstić information content (AvgIpc) is 3.36. The Morgan fingerprint density at radius 2 is 1.91 bits per heavy atom. The Morgan fingerprint density at radius 3 is 2.65 bits per heavy atom. The summed E-state index contributed by atoms with van der Waals surface area (Å²) in [4.78, 5) is 39.6. The molecule has 0 spiro atoms. The standard InChI is InChI=1S/C22H19BrN8O2S/c23-17-11-26-22(30-20(17)25-8-7-16-10-24-12-27-16)29-15-4-2-14(3-5-15)28-21(32)13-1-6-19(34)18(9-13)31-33/h1-6,9-12,34H,7-8H2,(H,24,27)(H,28,32)(H2,25,26,29,30). The van der Waals surface area contributed by atoms with Crippen molar-refractivity contribution in [3.63, 3.8) is 0 Å². The zero-order chi connectivity index (χ0) is 23.9. The van der Waals surface area contributed by atoms with E-state index in [4.69, 9.17) is 0 Å². The monoisotopic (exact) mass is 538 g/mol. The average molecular weight is 539 g/mol. The van der Waals surface area contributed by atoms with E-state index >= 15 is 0 Å². The van der Waals surface area contributed by atoms with E-state index in [2.05, 4.69) is 69.6 Å². The summed E-state index contributed by atoms with van der Waals surface area (Å²) < 4.78 is 0.750. The Balaban J connectivity index is 1.36. The predicted molar refractivity (Wildman–Crippen MR) is 137 cm³/mol. The molecular formula is C22H19BrN8O2S. The summed E-state index contributed by atoms with van der Waals surface area (Å²) >= 11 is 7.59. The Labute approximate surface area is 208 Å². The summed E-state index contributed by atoms with van der Waals surface area (Å²) in [6.07, 6.45) is 5.88. The minimum atomic E-state index is -0.360. The lowest BCUT2D eigenvalue weighted by Gasteiger charge is -2.11. The first-order chi connectivity index (χ1) is 16.5. The van der Waals surface area contributed by atoms with Crippen molar-refractivity contribution in [3.05, 3.63) is 81.8 Å². The minimum Gasteiger partial charge on any atom is -0.369 e. The molecule has 2 aromatic heterocycles. The van der Waals surface area contributed by atoms with Crippen molar-refractivity contribution in [1.82, 2.24) is 19.9 Å². The number of anilines is 4. The molecule has 0 bridgehead atoms. The molecule has 172 valence electrons. The highest BCUT2D eigenvalue weighted by molar-refractivity contribution is 9.10. The quantitative estimate of drug-likeness (QED) is 0.144. The third-order valence-electron chi connectivity index (χ3n) is 4.72. The maximum Gasteiger partial charge on any atom is 0.255 e. The minimum absolute atomic E-state index is 0.111. The summed E-state index contributed by atoms with van der Waals surface area (Å²) in [6.45, 7) is 0.673. The van der Waals surface area contributed by atoms with Crippen LogP contribution in [0, 0.1) is 4.91 Å². The van der Waals surface area contributed by atoms with Crippen LogP contribution in [0.5, 0.6) is 0 Å². The molecule has 0 atom stereocenters. The number of halogens is 1. The topological polar surface area (TPSA) is 137 Å². The van der Waals surface area contributed by atoms with Gasteiger partial charge in [-0.1, -0.05) is 0 Å². The number of imidazole rings is 1. The first kappa shape index (κ1) is 23.4. The van der Waals surface area contributed by atoms with Gasteiger partial charge in [-0.25, -0.2) is 9.97 Å². The molecule has 4 aromatic rings. The number of nitrogens with zero attached hydrogens (tertiary/aromatic N) is 4. The van der Waals surface area contributed by atoms with Crippen LogP contribution in [-0.4, -0.2) is 32.4 Å². The van der Waals surface area contributed by atoms with Gasteiger partial charge in [0.2, 0.25) is 5.95 Å². The van der Waals surface area contributed by atoms with Crippen LogP contribution in [-0.2, 0) is 6.42 Å². The van der Waals surface area contributed by atoms with E-state index in [1.54, 1.807) is 55.1 Å². The smallest absolute Gasteiger partial charge is 0.255 e. The second kappa shape index (κ2) is 10.9. The van der Waals surface area contributed by atoms with E-state index in [0.29, 0.717) is 34.5 Å². The lowest BCUT2D eigenvalue weighted by Crippen LogP contribution is -2.11. The van der Waals surface area contributed by atoms with E-state index in [1.807, 2.05) is 0 Å². The molecule has 0 aliphatic rings. The molecule has 12 heteroatoms. The van der Waals surface area contributed by atoms with Gasteiger partial charge in [-0.15, -0.1) is 17.5 Å². The molecule has 4 rings (SSSR count). The second-order valence-corrected chi connectivity index (χ2v) is 8.43. The first-order valence-electron chi connectivity index (χ1n) is 10.1. The third-order valence-corrected chi connectivity index (χ3v) is 5.68. The van der Waals surface area contributed by atoms with Gasteiger partial charge in [0.15, 0.2) is 0 Å². The molecule has 0 saturated heterocycles. The highest BCUT2D eigenvalue weighted by Crippen LogP contribution is 2.25. The molecule has 0 aliphatic carbocycles. The number of rotatable bonds is 9. The van der Waals surface area contributed by atoms with Gasteiger partial charge in [-0.2, -0.15) is 4.98 Å². The molecule has 4 N–H and O–H groups in total. The van der Waals surface area contributed by atoms with Crippen LogP contribution in [0.25, 0.3) is 0 Å². The van der Waals surface area contributed by atoms with Gasteiger partial charge < -0.3 is 20.9 Å². The maximum absolute atomic E-state index is 12.5. The maximum atomic E-state index is 12.5. The molecule has 0 saturated carbocycles. The zero-order valence-electron chi connectivity index (χ0n) is 17.6. The predicted octanol–water partition coefficient (Wildman–Crippen LogP) is 5.30. The van der Waals surface area contributed by atoms with Crippen LogP contribution in [0.2, 0.25) is 0 Å². The number of amides is 1. The van der Waals surface area contributed by atoms with E-state index < -0.39 is 0 Å². The number of carbonyl (C=O) groups excluding carboxylic acids is 1. The van der Waals surface area contributed by atoms with Crippen molar-refractivity contribution in [2.75, 3.05) is 22.5 Å². The van der Waals surface area contributed by atoms with Crippen molar-refractivity contribution in [2.24, 2.45) is 5.18 Å². The highest BCUT2D eigenvalue weighted by atomic mass is 79.9. The van der Waals surface area contributed by atoms with Gasteiger partial charge in [0.05, 0.1) is 10.8 Å².